The molecule has 2 saturated heterocycles. The molecule has 0 bridgehead atoms. The number of nitrogens with one attached hydrogen (secondary N) is 1. The fourth-order valence-corrected chi connectivity index (χ4v) is 3.59. The van der Waals surface area contributed by atoms with Crippen molar-refractivity contribution in [2.45, 2.75) is 37.8 Å². The average molecular weight is 331 g/mol. The van der Waals surface area contributed by atoms with Gasteiger partial charge in [0, 0.05) is 29.3 Å². The summed E-state index contributed by atoms with van der Waals surface area (Å²) in [5.41, 5.74) is 0.947. The van der Waals surface area contributed by atoms with Crippen LogP contribution in [0.2, 0.25) is 5.15 Å². The van der Waals surface area contributed by atoms with Crippen LogP contribution >= 0.6 is 27.5 Å². The highest BCUT2D eigenvalue weighted by Crippen LogP contribution is 2.30. The van der Waals surface area contributed by atoms with E-state index >= 15 is 0 Å². The lowest BCUT2D eigenvalue weighted by atomic mass is 9.97. The quantitative estimate of drug-likeness (QED) is 0.841. The molecule has 3 nitrogen and oxygen atoms in total. The SMILES string of the molecule is Clc1ncc(Br)cc1NC1CCN2CCCC2C1. The van der Waals surface area contributed by atoms with Gasteiger partial charge in [0.15, 0.2) is 5.15 Å². The highest BCUT2D eigenvalue weighted by molar-refractivity contribution is 9.10. The average Bonchev–Trinajstić information content (AvgIpc) is 2.81. The van der Waals surface area contributed by atoms with E-state index in [-0.39, 0.29) is 0 Å². The van der Waals surface area contributed by atoms with Crippen LogP contribution in [0, 0.1) is 0 Å². The van der Waals surface area contributed by atoms with Crippen LogP contribution in [0.15, 0.2) is 16.7 Å². The van der Waals surface area contributed by atoms with Crippen LogP contribution in [0.1, 0.15) is 25.7 Å². The van der Waals surface area contributed by atoms with Crippen LogP contribution in [-0.2, 0) is 0 Å². The Labute approximate surface area is 121 Å². The third kappa shape index (κ3) is 2.65. The molecule has 2 fully saturated rings. The Morgan fingerprint density at radius 2 is 2.28 bits per heavy atom. The molecule has 98 valence electrons. The third-order valence-corrected chi connectivity index (χ3v) is 4.72. The minimum Gasteiger partial charge on any atom is -0.380 e. The van der Waals surface area contributed by atoms with Crippen molar-refractivity contribution in [3.8, 4) is 0 Å². The molecule has 0 radical (unpaired) electrons. The molecule has 2 aliphatic rings. The molecule has 0 spiro atoms. The van der Waals surface area contributed by atoms with Gasteiger partial charge in [-0.3, -0.25) is 0 Å². The first-order valence-corrected chi connectivity index (χ1v) is 7.71. The van der Waals surface area contributed by atoms with Crippen molar-refractivity contribution in [1.82, 2.24) is 9.88 Å². The van der Waals surface area contributed by atoms with E-state index in [4.69, 9.17) is 11.6 Å². The second-order valence-corrected chi connectivity index (χ2v) is 6.46. The number of pyridine rings is 1. The Morgan fingerprint density at radius 1 is 1.39 bits per heavy atom. The van der Waals surface area contributed by atoms with Crippen LogP contribution < -0.4 is 5.32 Å². The lowest BCUT2D eigenvalue weighted by Crippen LogP contribution is -2.42. The molecule has 0 saturated carbocycles. The summed E-state index contributed by atoms with van der Waals surface area (Å²) in [6.45, 7) is 2.50. The highest BCUT2D eigenvalue weighted by atomic mass is 79.9. The Hall–Kier alpha value is -0.320. The van der Waals surface area contributed by atoms with Gasteiger partial charge in [0.05, 0.1) is 5.69 Å². The van der Waals surface area contributed by atoms with E-state index in [0.717, 1.165) is 16.2 Å². The van der Waals surface area contributed by atoms with E-state index in [1.807, 2.05) is 6.07 Å². The highest BCUT2D eigenvalue weighted by Gasteiger charge is 2.31. The number of nitrogens with zero attached hydrogens (tertiary/aromatic N) is 2. The Bertz CT molecular complexity index is 440. The second kappa shape index (κ2) is 5.35. The van der Waals surface area contributed by atoms with Gasteiger partial charge in [-0.15, -0.1) is 0 Å². The number of anilines is 1. The molecule has 3 rings (SSSR count). The second-order valence-electron chi connectivity index (χ2n) is 5.19. The van der Waals surface area contributed by atoms with E-state index < -0.39 is 0 Å². The summed E-state index contributed by atoms with van der Waals surface area (Å²) in [5, 5.41) is 4.11. The first-order valence-electron chi connectivity index (χ1n) is 6.54. The normalized spacial score (nSPS) is 28.1. The van der Waals surface area contributed by atoms with Gasteiger partial charge in [-0.1, -0.05) is 11.6 Å². The monoisotopic (exact) mass is 329 g/mol. The van der Waals surface area contributed by atoms with Gasteiger partial charge in [0.25, 0.3) is 0 Å². The topological polar surface area (TPSA) is 28.2 Å². The maximum Gasteiger partial charge on any atom is 0.152 e. The molecular weight excluding hydrogens is 314 g/mol. The zero-order valence-corrected chi connectivity index (χ0v) is 12.5. The van der Waals surface area contributed by atoms with Gasteiger partial charge in [-0.2, -0.15) is 0 Å². The molecule has 18 heavy (non-hydrogen) atoms. The zero-order chi connectivity index (χ0) is 12.5. The summed E-state index contributed by atoms with van der Waals surface area (Å²) in [7, 11) is 0. The number of hydrogen-bond acceptors (Lipinski definition) is 3. The van der Waals surface area contributed by atoms with Gasteiger partial charge in [0.2, 0.25) is 0 Å². The summed E-state index contributed by atoms with van der Waals surface area (Å²) < 4.78 is 0.965. The van der Waals surface area contributed by atoms with Crippen molar-refractivity contribution >= 4 is 33.2 Å². The third-order valence-electron chi connectivity index (χ3n) is 3.99. The van der Waals surface area contributed by atoms with E-state index in [2.05, 4.69) is 31.1 Å². The largest absolute Gasteiger partial charge is 0.380 e. The fourth-order valence-electron chi connectivity index (χ4n) is 3.10. The maximum absolute atomic E-state index is 6.12. The van der Waals surface area contributed by atoms with Crippen LogP contribution in [-0.4, -0.2) is 35.1 Å². The Morgan fingerprint density at radius 3 is 3.17 bits per heavy atom. The number of halogens is 2. The molecule has 0 amide bonds. The molecule has 5 heteroatoms. The van der Waals surface area contributed by atoms with Crippen molar-refractivity contribution in [3.63, 3.8) is 0 Å². The molecule has 1 aromatic heterocycles. The Kier molecular flexibility index (Phi) is 3.78. The van der Waals surface area contributed by atoms with Crippen molar-refractivity contribution in [2.24, 2.45) is 0 Å². The first kappa shape index (κ1) is 12.7. The lowest BCUT2D eigenvalue weighted by molar-refractivity contribution is 0.188. The predicted molar refractivity (Wildman–Crippen MR) is 78.2 cm³/mol. The van der Waals surface area contributed by atoms with Crippen LogP contribution in [0.3, 0.4) is 0 Å². The molecule has 2 aliphatic heterocycles. The molecule has 0 aromatic carbocycles. The van der Waals surface area contributed by atoms with Gasteiger partial charge in [0.1, 0.15) is 0 Å². The summed E-state index contributed by atoms with van der Waals surface area (Å²) in [4.78, 5) is 6.78. The smallest absolute Gasteiger partial charge is 0.152 e. The summed E-state index contributed by atoms with van der Waals surface area (Å²) >= 11 is 9.56. The molecule has 3 heterocycles. The molecule has 2 unspecified atom stereocenters. The van der Waals surface area contributed by atoms with E-state index in [1.165, 1.54) is 38.8 Å². The van der Waals surface area contributed by atoms with Gasteiger partial charge in [-0.05, 0) is 54.2 Å². The molecule has 1 N–H and O–H groups in total. The van der Waals surface area contributed by atoms with Crippen molar-refractivity contribution in [1.29, 1.82) is 0 Å². The molecule has 0 aliphatic carbocycles. The minimum absolute atomic E-state index is 0.526. The van der Waals surface area contributed by atoms with Crippen LogP contribution in [0.4, 0.5) is 5.69 Å². The maximum atomic E-state index is 6.12. The molecule has 2 atom stereocenters. The van der Waals surface area contributed by atoms with E-state index in [1.54, 1.807) is 6.20 Å². The summed E-state index contributed by atoms with van der Waals surface area (Å²) in [6.07, 6.45) is 6.86. The number of fused-ring (bicyclic) bond motifs is 1. The zero-order valence-electron chi connectivity index (χ0n) is 10.2. The van der Waals surface area contributed by atoms with Gasteiger partial charge < -0.3 is 10.2 Å². The number of hydrogen-bond donors (Lipinski definition) is 1. The number of rotatable bonds is 2. The van der Waals surface area contributed by atoms with E-state index in [0.29, 0.717) is 11.2 Å². The Balaban J connectivity index is 1.67. The number of piperidine rings is 1. The minimum atomic E-state index is 0.526. The van der Waals surface area contributed by atoms with Crippen LogP contribution in [0.25, 0.3) is 0 Å². The standard InChI is InChI=1S/C13H17BrClN3/c14-9-6-12(13(15)16-8-9)17-10-3-5-18-4-1-2-11(18)7-10/h6,8,10-11,17H,1-5,7H2. The van der Waals surface area contributed by atoms with Gasteiger partial charge >= 0.3 is 0 Å². The summed E-state index contributed by atoms with van der Waals surface area (Å²) in [5.74, 6) is 0. The van der Waals surface area contributed by atoms with Crippen molar-refractivity contribution in [2.75, 3.05) is 18.4 Å². The number of aromatic nitrogens is 1. The summed E-state index contributed by atoms with van der Waals surface area (Å²) in [6, 6.07) is 3.31. The van der Waals surface area contributed by atoms with Crippen molar-refractivity contribution in [3.05, 3.63) is 21.9 Å². The van der Waals surface area contributed by atoms with Gasteiger partial charge in [-0.25, -0.2) is 4.98 Å². The van der Waals surface area contributed by atoms with Crippen LogP contribution in [0.5, 0.6) is 0 Å². The molecular formula is C13H17BrClN3. The molecule has 1 aromatic rings. The van der Waals surface area contributed by atoms with Crippen molar-refractivity contribution < 1.29 is 0 Å². The predicted octanol–water partition coefficient (Wildman–Crippen LogP) is 3.54. The fraction of sp³-hybridized carbons (Fsp3) is 0.615. The first-order chi connectivity index (χ1) is 8.72. The lowest BCUT2D eigenvalue weighted by Gasteiger charge is -2.35. The van der Waals surface area contributed by atoms with E-state index in [9.17, 15) is 0 Å².